The Hall–Kier alpha value is -4.69. The van der Waals surface area contributed by atoms with Crippen molar-refractivity contribution in [3.8, 4) is 0 Å². The molecule has 1 aromatic carbocycles. The summed E-state index contributed by atoms with van der Waals surface area (Å²) in [5.41, 5.74) is 7.44. The first kappa shape index (κ1) is 38.1. The Morgan fingerprint density at radius 2 is 1.66 bits per heavy atom. The van der Waals surface area contributed by atoms with Crippen molar-refractivity contribution in [3.05, 3.63) is 41.5 Å². The highest BCUT2D eigenvalue weighted by atomic mass is 16.5. The van der Waals surface area contributed by atoms with Crippen LogP contribution >= 0.6 is 0 Å². The molecule has 2 bridgehead atoms. The van der Waals surface area contributed by atoms with Gasteiger partial charge >= 0.3 is 6.03 Å². The SMILES string of the molecule is [B]C(=O)OCc1ccc(NC(=O)[C@H](CCCNC(N)=O)NC(=O)C(NC(=O)CCCCCN2C(=O)C3C4C=C(C)C(C4)C3C2=O)C(C)C)cc1. The van der Waals surface area contributed by atoms with E-state index in [-0.39, 0.29) is 73.3 Å². The molecule has 2 radical (unpaired) electrons. The zero-order chi connectivity index (χ0) is 36.5. The number of nitrogens with zero attached hydrogens (tertiary/aromatic N) is 1. The molecule has 4 rings (SSSR count). The fraction of sp³-hybridized carbons (Fsp3) is 0.571. The number of nitrogens with two attached hydrogens (primary N) is 1. The van der Waals surface area contributed by atoms with Gasteiger partial charge in [0.05, 0.1) is 11.8 Å². The average Bonchev–Trinajstić information content (AvgIpc) is 3.70. The van der Waals surface area contributed by atoms with Crippen molar-refractivity contribution in [2.75, 3.05) is 18.4 Å². The molecule has 6 atom stereocenters. The number of imide groups is 1. The molecular formula is C35H47BN6O8. The number of hydrogen-bond acceptors (Lipinski definition) is 8. The molecule has 3 aliphatic rings. The lowest BCUT2D eigenvalue weighted by Gasteiger charge is -2.25. The largest absolute Gasteiger partial charge is 0.470 e. The molecule has 268 valence electrons. The van der Waals surface area contributed by atoms with Gasteiger partial charge in [0.2, 0.25) is 43.3 Å². The first-order valence-electron chi connectivity index (χ1n) is 17.3. The van der Waals surface area contributed by atoms with Crippen molar-refractivity contribution in [1.29, 1.82) is 0 Å². The molecule has 1 saturated carbocycles. The summed E-state index contributed by atoms with van der Waals surface area (Å²) in [5, 5.41) is 10.7. The molecule has 1 aromatic rings. The van der Waals surface area contributed by atoms with Crippen LogP contribution in [0.2, 0.25) is 0 Å². The Morgan fingerprint density at radius 3 is 2.32 bits per heavy atom. The van der Waals surface area contributed by atoms with E-state index in [1.807, 2.05) is 6.92 Å². The zero-order valence-electron chi connectivity index (χ0n) is 28.9. The summed E-state index contributed by atoms with van der Waals surface area (Å²) < 4.78 is 4.76. The second-order valence-corrected chi connectivity index (χ2v) is 13.7. The van der Waals surface area contributed by atoms with E-state index in [1.165, 1.54) is 10.5 Å². The molecule has 1 aliphatic heterocycles. The number of urea groups is 1. The molecule has 15 heteroatoms. The van der Waals surface area contributed by atoms with E-state index in [0.717, 1.165) is 6.42 Å². The molecule has 7 amide bonds. The molecule has 50 heavy (non-hydrogen) atoms. The fourth-order valence-electron chi connectivity index (χ4n) is 7.19. The first-order valence-corrected chi connectivity index (χ1v) is 17.3. The zero-order valence-corrected chi connectivity index (χ0v) is 28.9. The van der Waals surface area contributed by atoms with Crippen molar-refractivity contribution in [2.45, 2.75) is 84.4 Å². The van der Waals surface area contributed by atoms with Crippen LogP contribution in [0.3, 0.4) is 0 Å². The summed E-state index contributed by atoms with van der Waals surface area (Å²) in [4.78, 5) is 89.0. The number of anilines is 1. The van der Waals surface area contributed by atoms with Crippen LogP contribution in [0.5, 0.6) is 0 Å². The smallest absolute Gasteiger partial charge is 0.312 e. The highest BCUT2D eigenvalue weighted by Gasteiger charge is 2.60. The minimum atomic E-state index is -1.00. The van der Waals surface area contributed by atoms with E-state index in [0.29, 0.717) is 43.5 Å². The molecule has 2 aliphatic carbocycles. The summed E-state index contributed by atoms with van der Waals surface area (Å²) >= 11 is 0. The quantitative estimate of drug-likeness (QED) is 0.0667. The maximum Gasteiger partial charge on any atom is 0.312 e. The highest BCUT2D eigenvalue weighted by molar-refractivity contribution is 6.55. The number of primary amides is 1. The van der Waals surface area contributed by atoms with E-state index < -0.39 is 35.8 Å². The van der Waals surface area contributed by atoms with Crippen LogP contribution in [0.1, 0.15) is 71.3 Å². The molecule has 1 saturated heterocycles. The van der Waals surface area contributed by atoms with Crippen molar-refractivity contribution in [2.24, 2.45) is 35.3 Å². The number of fused-ring (bicyclic) bond motifs is 5. The topological polar surface area (TPSA) is 206 Å². The summed E-state index contributed by atoms with van der Waals surface area (Å²) in [6.45, 7) is 6.10. The number of carbonyl (C=O) groups excluding carboxylic acids is 7. The van der Waals surface area contributed by atoms with Crippen LogP contribution in [0.4, 0.5) is 15.3 Å². The number of benzene rings is 1. The predicted molar refractivity (Wildman–Crippen MR) is 184 cm³/mol. The van der Waals surface area contributed by atoms with Gasteiger partial charge in [0.25, 0.3) is 0 Å². The Labute approximate surface area is 293 Å². The molecule has 0 aromatic heterocycles. The van der Waals surface area contributed by atoms with Crippen LogP contribution in [-0.4, -0.2) is 79.4 Å². The average molecular weight is 691 g/mol. The number of rotatable bonds is 18. The molecular weight excluding hydrogens is 643 g/mol. The van der Waals surface area contributed by atoms with Gasteiger partial charge < -0.3 is 31.7 Å². The van der Waals surface area contributed by atoms with Gasteiger partial charge in [0.1, 0.15) is 18.7 Å². The second-order valence-electron chi connectivity index (χ2n) is 13.7. The van der Waals surface area contributed by atoms with Crippen LogP contribution < -0.4 is 27.0 Å². The number of allylic oxidation sites excluding steroid dienone is 2. The van der Waals surface area contributed by atoms with Crippen molar-refractivity contribution < 1.29 is 38.3 Å². The van der Waals surface area contributed by atoms with E-state index in [2.05, 4.69) is 27.3 Å². The maximum absolute atomic E-state index is 13.4. The second kappa shape index (κ2) is 17.3. The van der Waals surface area contributed by atoms with Gasteiger partial charge in [0.15, 0.2) is 0 Å². The summed E-state index contributed by atoms with van der Waals surface area (Å²) in [6.07, 6.45) is 5.43. The first-order chi connectivity index (χ1) is 23.8. The van der Waals surface area contributed by atoms with E-state index in [1.54, 1.807) is 38.1 Å². The van der Waals surface area contributed by atoms with Crippen molar-refractivity contribution in [1.82, 2.24) is 20.9 Å². The van der Waals surface area contributed by atoms with E-state index in [9.17, 15) is 33.6 Å². The van der Waals surface area contributed by atoms with Crippen molar-refractivity contribution in [3.63, 3.8) is 0 Å². The standard InChI is InChI=1S/C35H47BN6O8/c1-19(2)29(41-26(43)9-5-4-6-15-42-32(46)27-22-16-20(3)24(17-22)28(27)33(42)47)31(45)40-25(8-7-14-38-35(37)49)30(44)39-23-12-10-21(11-13-23)18-50-34(36)48/h10-13,16,19,22,24-25,27-29H,4-9,14-15,17-18H2,1-3H3,(H,39,44)(H,40,45)(H,41,43)(H3,37,38,49)/t22?,24?,25-,27?,28?,29?/m0/s1. The van der Waals surface area contributed by atoms with Crippen LogP contribution in [-0.2, 0) is 35.3 Å². The molecule has 14 nitrogen and oxygen atoms in total. The Morgan fingerprint density at radius 1 is 0.960 bits per heavy atom. The lowest BCUT2D eigenvalue weighted by Crippen LogP contribution is -2.54. The van der Waals surface area contributed by atoms with Crippen LogP contribution in [0.25, 0.3) is 0 Å². The van der Waals surface area contributed by atoms with E-state index in [4.69, 9.17) is 18.3 Å². The van der Waals surface area contributed by atoms with Gasteiger partial charge in [-0.2, -0.15) is 0 Å². The lowest BCUT2D eigenvalue weighted by molar-refractivity contribution is -0.141. The third kappa shape index (κ3) is 9.72. The Kier molecular flexibility index (Phi) is 13.2. The number of likely N-dealkylation sites (tertiary alicyclic amines) is 1. The van der Waals surface area contributed by atoms with Gasteiger partial charge in [-0.1, -0.05) is 44.1 Å². The van der Waals surface area contributed by atoms with Crippen LogP contribution in [0.15, 0.2) is 35.9 Å². The molecule has 6 N–H and O–H groups in total. The summed E-state index contributed by atoms with van der Waals surface area (Å²) in [5.74, 6) is -2.81. The van der Waals surface area contributed by atoms with Gasteiger partial charge in [0, 0.05) is 25.2 Å². The third-order valence-electron chi connectivity index (χ3n) is 9.73. The normalized spacial score (nSPS) is 21.7. The minimum Gasteiger partial charge on any atom is -0.470 e. The van der Waals surface area contributed by atoms with Crippen molar-refractivity contribution >= 4 is 55.0 Å². The minimum absolute atomic E-state index is 0.0304. The van der Waals surface area contributed by atoms with Gasteiger partial charge in [-0.15, -0.1) is 0 Å². The predicted octanol–water partition coefficient (Wildman–Crippen LogP) is 2.26. The lowest BCUT2D eigenvalue weighted by atomic mass is 9.82. The molecule has 2 fully saturated rings. The third-order valence-corrected chi connectivity index (χ3v) is 9.73. The highest BCUT2D eigenvalue weighted by Crippen LogP contribution is 2.55. The number of hydrogen-bond donors (Lipinski definition) is 5. The Bertz CT molecular complexity index is 1500. The maximum atomic E-state index is 13.4. The van der Waals surface area contributed by atoms with Gasteiger partial charge in [-0.3, -0.25) is 33.7 Å². The number of carbonyl (C=O) groups is 7. The summed E-state index contributed by atoms with van der Waals surface area (Å²) in [6, 6.07) is 3.87. The number of ether oxygens (including phenoxy) is 1. The number of amides is 7. The fourth-order valence-corrected chi connectivity index (χ4v) is 7.19. The monoisotopic (exact) mass is 690 g/mol. The van der Waals surface area contributed by atoms with Crippen LogP contribution in [0, 0.1) is 29.6 Å². The number of nitrogens with one attached hydrogen (secondary N) is 4. The summed E-state index contributed by atoms with van der Waals surface area (Å²) in [7, 11) is 5.00. The van der Waals surface area contributed by atoms with E-state index >= 15 is 0 Å². The molecule has 5 unspecified atom stereocenters. The van der Waals surface area contributed by atoms with Gasteiger partial charge in [-0.25, -0.2) is 4.79 Å². The molecule has 1 heterocycles. The number of unbranched alkanes of at least 4 members (excludes halogenated alkanes) is 2. The Balaban J connectivity index is 1.25. The van der Waals surface area contributed by atoms with Gasteiger partial charge in [-0.05, 0) is 74.5 Å². The molecule has 0 spiro atoms.